The van der Waals surface area contributed by atoms with E-state index in [-0.39, 0.29) is 23.3 Å². The molecule has 1 unspecified atom stereocenters. The maximum Gasteiger partial charge on any atom is 0.274 e. The van der Waals surface area contributed by atoms with Gasteiger partial charge in [-0.05, 0) is 12.3 Å². The molecule has 21 heavy (non-hydrogen) atoms. The number of amides is 1. The van der Waals surface area contributed by atoms with Gasteiger partial charge < -0.3 is 10.3 Å². The van der Waals surface area contributed by atoms with Crippen molar-refractivity contribution in [2.45, 2.75) is 53.5 Å². The average Bonchev–Trinajstić information content (AvgIpc) is 2.42. The van der Waals surface area contributed by atoms with Crippen molar-refractivity contribution >= 4 is 11.6 Å². The second-order valence-corrected chi connectivity index (χ2v) is 6.75. The van der Waals surface area contributed by atoms with E-state index in [1.165, 1.54) is 0 Å². The summed E-state index contributed by atoms with van der Waals surface area (Å²) in [5.74, 6) is 6.10. The highest BCUT2D eigenvalue weighted by molar-refractivity contribution is 5.97. The minimum Gasteiger partial charge on any atom is -0.337 e. The van der Waals surface area contributed by atoms with E-state index in [4.69, 9.17) is 5.84 Å². The number of nitrogen functional groups attached to an aromatic ring is 1. The van der Waals surface area contributed by atoms with Gasteiger partial charge in [0.2, 0.25) is 0 Å². The molecule has 0 fully saturated rings. The summed E-state index contributed by atoms with van der Waals surface area (Å²) in [5.41, 5.74) is 3.24. The second-order valence-electron chi connectivity index (χ2n) is 6.75. The summed E-state index contributed by atoms with van der Waals surface area (Å²) in [6, 6.07) is 0.0630. The molecule has 1 rings (SSSR count). The SMILES string of the molecule is CC(C)c1ncc(NN)c(C(=O)N(C)C(C)C(C)(C)C)n1. The number of hydrogen-bond acceptors (Lipinski definition) is 5. The van der Waals surface area contributed by atoms with Crippen molar-refractivity contribution in [3.63, 3.8) is 0 Å². The number of hydrazine groups is 1. The molecule has 0 saturated carbocycles. The van der Waals surface area contributed by atoms with Crippen LogP contribution >= 0.6 is 0 Å². The summed E-state index contributed by atoms with van der Waals surface area (Å²) in [6.07, 6.45) is 1.56. The quantitative estimate of drug-likeness (QED) is 0.658. The second kappa shape index (κ2) is 6.39. The van der Waals surface area contributed by atoms with Gasteiger partial charge in [0.15, 0.2) is 5.69 Å². The van der Waals surface area contributed by atoms with Crippen LogP contribution in [0, 0.1) is 5.41 Å². The highest BCUT2D eigenvalue weighted by Crippen LogP contribution is 2.25. The van der Waals surface area contributed by atoms with Crippen molar-refractivity contribution in [3.8, 4) is 0 Å². The Hall–Kier alpha value is -1.69. The molecule has 1 aromatic rings. The van der Waals surface area contributed by atoms with Crippen LogP contribution in [0.5, 0.6) is 0 Å². The Morgan fingerprint density at radius 2 is 1.90 bits per heavy atom. The van der Waals surface area contributed by atoms with Gasteiger partial charge in [0.25, 0.3) is 5.91 Å². The zero-order valence-corrected chi connectivity index (χ0v) is 14.1. The first kappa shape index (κ1) is 17.4. The fourth-order valence-electron chi connectivity index (χ4n) is 1.87. The van der Waals surface area contributed by atoms with E-state index in [0.29, 0.717) is 17.2 Å². The van der Waals surface area contributed by atoms with Gasteiger partial charge >= 0.3 is 0 Å². The summed E-state index contributed by atoms with van der Waals surface area (Å²) in [6.45, 7) is 12.3. The van der Waals surface area contributed by atoms with Crippen LogP contribution in [0.25, 0.3) is 0 Å². The summed E-state index contributed by atoms with van der Waals surface area (Å²) >= 11 is 0. The molecule has 0 aromatic carbocycles. The lowest BCUT2D eigenvalue weighted by Gasteiger charge is -2.35. The van der Waals surface area contributed by atoms with E-state index in [9.17, 15) is 4.79 Å². The summed E-state index contributed by atoms with van der Waals surface area (Å²) in [7, 11) is 1.79. The normalized spacial score (nSPS) is 13.2. The molecular formula is C15H27N5O. The zero-order valence-electron chi connectivity index (χ0n) is 14.1. The lowest BCUT2D eigenvalue weighted by atomic mass is 9.87. The molecule has 1 amide bonds. The maximum absolute atomic E-state index is 12.7. The van der Waals surface area contributed by atoms with Gasteiger partial charge in [0.05, 0.1) is 11.9 Å². The standard InChI is InChI=1S/C15H27N5O/c1-9(2)13-17-8-11(19-16)12(18-13)14(21)20(7)10(3)15(4,5)6/h8-10,19H,16H2,1-7H3. The van der Waals surface area contributed by atoms with Gasteiger partial charge in [0.1, 0.15) is 5.82 Å². The summed E-state index contributed by atoms with van der Waals surface area (Å²) in [4.78, 5) is 23.0. The van der Waals surface area contributed by atoms with Crippen LogP contribution in [0.4, 0.5) is 5.69 Å². The van der Waals surface area contributed by atoms with E-state index in [2.05, 4.69) is 36.2 Å². The van der Waals surface area contributed by atoms with Crippen LogP contribution < -0.4 is 11.3 Å². The molecule has 6 heteroatoms. The predicted molar refractivity (Wildman–Crippen MR) is 84.9 cm³/mol. The van der Waals surface area contributed by atoms with Gasteiger partial charge in [-0.25, -0.2) is 9.97 Å². The number of nitrogens with zero attached hydrogens (tertiary/aromatic N) is 3. The number of aromatic nitrogens is 2. The fraction of sp³-hybridized carbons (Fsp3) is 0.667. The number of nitrogens with two attached hydrogens (primary N) is 1. The van der Waals surface area contributed by atoms with Crippen LogP contribution in [-0.2, 0) is 0 Å². The van der Waals surface area contributed by atoms with E-state index in [1.807, 2.05) is 20.8 Å². The highest BCUT2D eigenvalue weighted by atomic mass is 16.2. The molecule has 0 bridgehead atoms. The molecule has 6 nitrogen and oxygen atoms in total. The van der Waals surface area contributed by atoms with E-state index >= 15 is 0 Å². The maximum atomic E-state index is 12.7. The molecule has 3 N–H and O–H groups in total. The van der Waals surface area contributed by atoms with Gasteiger partial charge in [0, 0.05) is 19.0 Å². The lowest BCUT2D eigenvalue weighted by Crippen LogP contribution is -2.43. The highest BCUT2D eigenvalue weighted by Gasteiger charge is 2.29. The van der Waals surface area contributed by atoms with Crippen molar-refractivity contribution in [3.05, 3.63) is 17.7 Å². The number of carbonyl (C=O) groups excluding carboxylic acids is 1. The Balaban J connectivity index is 3.19. The number of hydrogen-bond donors (Lipinski definition) is 2. The molecule has 0 saturated heterocycles. The summed E-state index contributed by atoms with van der Waals surface area (Å²) in [5, 5.41) is 0. The molecule has 0 aliphatic carbocycles. The van der Waals surface area contributed by atoms with Crippen molar-refractivity contribution in [2.75, 3.05) is 12.5 Å². The third-order valence-electron chi connectivity index (χ3n) is 3.84. The van der Waals surface area contributed by atoms with E-state index < -0.39 is 0 Å². The zero-order chi connectivity index (χ0) is 16.4. The van der Waals surface area contributed by atoms with Crippen LogP contribution in [0.2, 0.25) is 0 Å². The Morgan fingerprint density at radius 3 is 2.33 bits per heavy atom. The van der Waals surface area contributed by atoms with Crippen molar-refractivity contribution in [1.29, 1.82) is 0 Å². The summed E-state index contributed by atoms with van der Waals surface area (Å²) < 4.78 is 0. The van der Waals surface area contributed by atoms with Gasteiger partial charge in [-0.2, -0.15) is 0 Å². The fourth-order valence-corrected chi connectivity index (χ4v) is 1.87. The van der Waals surface area contributed by atoms with Gasteiger partial charge in [-0.3, -0.25) is 10.6 Å². The van der Waals surface area contributed by atoms with Crippen LogP contribution in [0.3, 0.4) is 0 Å². The number of carbonyl (C=O) groups is 1. The molecule has 0 spiro atoms. The van der Waals surface area contributed by atoms with E-state index in [1.54, 1.807) is 18.1 Å². The Kier molecular flexibility index (Phi) is 5.28. The average molecular weight is 293 g/mol. The molecule has 1 heterocycles. The van der Waals surface area contributed by atoms with Crippen LogP contribution in [0.1, 0.15) is 63.8 Å². The predicted octanol–water partition coefficient (Wildman–Crippen LogP) is 2.39. The molecule has 118 valence electrons. The van der Waals surface area contributed by atoms with Crippen molar-refractivity contribution < 1.29 is 4.79 Å². The Morgan fingerprint density at radius 1 is 1.33 bits per heavy atom. The minimum absolute atomic E-state index is 0.0192. The van der Waals surface area contributed by atoms with Gasteiger partial charge in [-0.15, -0.1) is 0 Å². The first-order chi connectivity index (χ1) is 9.59. The monoisotopic (exact) mass is 293 g/mol. The Labute approximate surface area is 127 Å². The molecule has 0 aliphatic rings. The molecule has 1 atom stereocenters. The van der Waals surface area contributed by atoms with Crippen molar-refractivity contribution in [1.82, 2.24) is 14.9 Å². The van der Waals surface area contributed by atoms with Gasteiger partial charge in [-0.1, -0.05) is 34.6 Å². The number of nitrogens with one attached hydrogen (secondary N) is 1. The molecule has 0 aliphatic heterocycles. The number of anilines is 1. The smallest absolute Gasteiger partial charge is 0.274 e. The molecule has 1 aromatic heterocycles. The Bertz CT molecular complexity index is 507. The first-order valence-electron chi connectivity index (χ1n) is 7.20. The third-order valence-corrected chi connectivity index (χ3v) is 3.84. The topological polar surface area (TPSA) is 84.1 Å². The first-order valence-corrected chi connectivity index (χ1v) is 7.20. The lowest BCUT2D eigenvalue weighted by molar-refractivity contribution is 0.0624. The van der Waals surface area contributed by atoms with E-state index in [0.717, 1.165) is 0 Å². The minimum atomic E-state index is -0.158. The molecular weight excluding hydrogens is 266 g/mol. The van der Waals surface area contributed by atoms with Crippen LogP contribution in [0.15, 0.2) is 6.20 Å². The third kappa shape index (κ3) is 3.91. The molecule has 0 radical (unpaired) electrons. The largest absolute Gasteiger partial charge is 0.337 e. The van der Waals surface area contributed by atoms with Crippen molar-refractivity contribution in [2.24, 2.45) is 11.3 Å². The van der Waals surface area contributed by atoms with Crippen LogP contribution in [-0.4, -0.2) is 33.9 Å². The number of rotatable bonds is 4.